The van der Waals surface area contributed by atoms with Crippen molar-refractivity contribution >= 4 is 33.2 Å². The summed E-state index contributed by atoms with van der Waals surface area (Å²) in [4.78, 5) is 10.6. The second-order valence-corrected chi connectivity index (χ2v) is 5.99. The molecule has 0 aliphatic carbocycles. The molecule has 0 spiro atoms. The zero-order valence-corrected chi connectivity index (χ0v) is 13.3. The Balaban J connectivity index is 2.40. The lowest BCUT2D eigenvalue weighted by Crippen LogP contribution is -2.02. The van der Waals surface area contributed by atoms with Crippen LogP contribution in [0.15, 0.2) is 28.7 Å². The van der Waals surface area contributed by atoms with Crippen molar-refractivity contribution in [2.45, 2.75) is 26.3 Å². The van der Waals surface area contributed by atoms with Gasteiger partial charge in [-0.25, -0.2) is 4.68 Å². The number of nitrogens with zero attached hydrogens (tertiary/aromatic N) is 3. The van der Waals surface area contributed by atoms with Gasteiger partial charge in [-0.1, -0.05) is 53.5 Å². The van der Waals surface area contributed by atoms with Crippen molar-refractivity contribution in [2.24, 2.45) is 0 Å². The van der Waals surface area contributed by atoms with E-state index in [1.165, 1.54) is 4.68 Å². The molecule has 1 aromatic carbocycles. The van der Waals surface area contributed by atoms with E-state index in [1.807, 2.05) is 38.1 Å². The van der Waals surface area contributed by atoms with Crippen molar-refractivity contribution < 1.29 is 4.92 Å². The molecule has 0 unspecified atom stereocenters. The first kappa shape index (κ1) is 15.0. The van der Waals surface area contributed by atoms with Gasteiger partial charge in [0, 0.05) is 10.4 Å². The third-order valence-electron chi connectivity index (χ3n) is 2.87. The zero-order valence-electron chi connectivity index (χ0n) is 11.0. The van der Waals surface area contributed by atoms with Gasteiger partial charge in [-0.05, 0) is 17.7 Å². The fourth-order valence-corrected chi connectivity index (χ4v) is 2.40. The Morgan fingerprint density at radius 1 is 1.40 bits per heavy atom. The van der Waals surface area contributed by atoms with E-state index in [1.54, 1.807) is 0 Å². The van der Waals surface area contributed by atoms with Crippen molar-refractivity contribution in [3.8, 4) is 0 Å². The van der Waals surface area contributed by atoms with Gasteiger partial charge in [-0.3, -0.25) is 10.1 Å². The molecule has 0 N–H and O–H groups in total. The molecule has 1 heterocycles. The molecule has 2 rings (SSSR count). The Labute approximate surface area is 129 Å². The fourth-order valence-electron chi connectivity index (χ4n) is 1.87. The van der Waals surface area contributed by atoms with Crippen LogP contribution >= 0.6 is 27.5 Å². The normalized spacial score (nSPS) is 11.1. The van der Waals surface area contributed by atoms with E-state index in [9.17, 15) is 10.1 Å². The first-order valence-electron chi connectivity index (χ1n) is 6.05. The number of nitro groups is 1. The summed E-state index contributed by atoms with van der Waals surface area (Å²) in [6.07, 6.45) is 0. The van der Waals surface area contributed by atoms with Gasteiger partial charge in [-0.2, -0.15) is 5.10 Å². The predicted molar refractivity (Wildman–Crippen MR) is 81.2 cm³/mol. The van der Waals surface area contributed by atoms with Crippen molar-refractivity contribution in [1.29, 1.82) is 0 Å². The Morgan fingerprint density at radius 2 is 2.00 bits per heavy atom. The molecule has 7 heteroatoms. The topological polar surface area (TPSA) is 61.0 Å². The highest BCUT2D eigenvalue weighted by molar-refractivity contribution is 9.10. The number of halogens is 2. The minimum absolute atomic E-state index is 0.0564. The minimum atomic E-state index is -0.469. The van der Waals surface area contributed by atoms with E-state index in [4.69, 9.17) is 11.6 Å². The maximum atomic E-state index is 11.1. The van der Waals surface area contributed by atoms with Crippen LogP contribution in [-0.4, -0.2) is 14.7 Å². The van der Waals surface area contributed by atoms with Crippen molar-refractivity contribution in [2.75, 3.05) is 0 Å². The van der Waals surface area contributed by atoms with Crippen LogP contribution in [0.2, 0.25) is 5.15 Å². The number of aromatic nitrogens is 2. The molecule has 0 fully saturated rings. The highest BCUT2D eigenvalue weighted by Crippen LogP contribution is 2.33. The lowest BCUT2D eigenvalue weighted by atomic mass is 10.1. The van der Waals surface area contributed by atoms with E-state index < -0.39 is 4.92 Å². The Morgan fingerprint density at radius 3 is 2.45 bits per heavy atom. The first-order chi connectivity index (χ1) is 9.40. The van der Waals surface area contributed by atoms with Gasteiger partial charge in [0.15, 0.2) is 0 Å². The average molecular weight is 359 g/mol. The third kappa shape index (κ3) is 3.02. The second-order valence-electron chi connectivity index (χ2n) is 4.72. The smallest absolute Gasteiger partial charge is 0.258 e. The summed E-state index contributed by atoms with van der Waals surface area (Å²) >= 11 is 9.46. The van der Waals surface area contributed by atoms with E-state index in [-0.39, 0.29) is 16.8 Å². The van der Waals surface area contributed by atoms with Crippen LogP contribution in [0, 0.1) is 10.1 Å². The molecule has 0 radical (unpaired) electrons. The molecule has 20 heavy (non-hydrogen) atoms. The summed E-state index contributed by atoms with van der Waals surface area (Å²) < 4.78 is 2.44. The lowest BCUT2D eigenvalue weighted by Gasteiger charge is -2.03. The predicted octanol–water partition coefficient (Wildman–Crippen LogP) is 4.38. The summed E-state index contributed by atoms with van der Waals surface area (Å²) in [5.74, 6) is -0.0564. The van der Waals surface area contributed by atoms with Crippen molar-refractivity contribution in [3.63, 3.8) is 0 Å². The molecular weight excluding hydrogens is 346 g/mol. The highest BCUT2D eigenvalue weighted by Gasteiger charge is 2.28. The molecule has 0 aliphatic rings. The van der Waals surface area contributed by atoms with Gasteiger partial charge in [0.1, 0.15) is 5.69 Å². The van der Waals surface area contributed by atoms with Crippen LogP contribution in [0.3, 0.4) is 0 Å². The van der Waals surface area contributed by atoms with Crippen LogP contribution in [0.4, 0.5) is 5.69 Å². The van der Waals surface area contributed by atoms with E-state index in [0.29, 0.717) is 12.2 Å². The van der Waals surface area contributed by atoms with E-state index in [0.717, 1.165) is 10.0 Å². The van der Waals surface area contributed by atoms with Gasteiger partial charge < -0.3 is 0 Å². The quantitative estimate of drug-likeness (QED) is 0.602. The SMILES string of the molecule is CC(C)c1nn(Cc2ccc(Br)cc2)c(Cl)c1[N+](=O)[O-]. The molecule has 1 aromatic heterocycles. The molecule has 0 atom stereocenters. The van der Waals surface area contributed by atoms with Gasteiger partial charge >= 0.3 is 5.69 Å². The van der Waals surface area contributed by atoms with Gasteiger partial charge in [0.2, 0.25) is 5.15 Å². The Bertz CT molecular complexity index is 638. The number of benzene rings is 1. The summed E-state index contributed by atoms with van der Waals surface area (Å²) in [6.45, 7) is 4.12. The summed E-state index contributed by atoms with van der Waals surface area (Å²) in [7, 11) is 0. The van der Waals surface area contributed by atoms with Crippen LogP contribution in [-0.2, 0) is 6.54 Å². The number of rotatable bonds is 4. The van der Waals surface area contributed by atoms with Crippen LogP contribution in [0.5, 0.6) is 0 Å². The molecule has 0 amide bonds. The largest absolute Gasteiger partial charge is 0.329 e. The fraction of sp³-hybridized carbons (Fsp3) is 0.308. The highest BCUT2D eigenvalue weighted by atomic mass is 79.9. The van der Waals surface area contributed by atoms with E-state index >= 15 is 0 Å². The van der Waals surface area contributed by atoms with Gasteiger partial charge in [-0.15, -0.1) is 0 Å². The molecule has 0 bridgehead atoms. The van der Waals surface area contributed by atoms with Crippen LogP contribution in [0.1, 0.15) is 31.0 Å². The minimum Gasteiger partial charge on any atom is -0.258 e. The molecule has 5 nitrogen and oxygen atoms in total. The third-order valence-corrected chi connectivity index (χ3v) is 3.77. The van der Waals surface area contributed by atoms with Crippen molar-refractivity contribution in [3.05, 3.63) is 55.3 Å². The molecular formula is C13H13BrClN3O2. The first-order valence-corrected chi connectivity index (χ1v) is 7.22. The molecule has 0 saturated heterocycles. The van der Waals surface area contributed by atoms with Crippen LogP contribution in [0.25, 0.3) is 0 Å². The molecule has 106 valence electrons. The summed E-state index contributed by atoms with van der Waals surface area (Å²) in [6, 6.07) is 7.65. The van der Waals surface area contributed by atoms with Gasteiger partial charge in [0.25, 0.3) is 0 Å². The monoisotopic (exact) mass is 357 g/mol. The molecule has 2 aromatic rings. The molecule has 0 aliphatic heterocycles. The number of hydrogen-bond acceptors (Lipinski definition) is 3. The zero-order chi connectivity index (χ0) is 14.9. The maximum Gasteiger partial charge on any atom is 0.329 e. The van der Waals surface area contributed by atoms with Gasteiger partial charge in [0.05, 0.1) is 11.5 Å². The molecule has 0 saturated carbocycles. The summed E-state index contributed by atoms with van der Waals surface area (Å²) in [5, 5.41) is 15.5. The van der Waals surface area contributed by atoms with Crippen LogP contribution < -0.4 is 0 Å². The average Bonchev–Trinajstić information content (AvgIpc) is 2.70. The summed E-state index contributed by atoms with van der Waals surface area (Å²) in [5.41, 5.74) is 1.29. The lowest BCUT2D eigenvalue weighted by molar-refractivity contribution is -0.385. The Hall–Kier alpha value is -1.40. The standard InChI is InChI=1S/C13H13BrClN3O2/c1-8(2)11-12(18(19)20)13(15)17(16-11)7-9-3-5-10(14)6-4-9/h3-6,8H,7H2,1-2H3. The second kappa shape index (κ2) is 5.93. The Kier molecular flexibility index (Phi) is 4.45. The number of hydrogen-bond donors (Lipinski definition) is 0. The van der Waals surface area contributed by atoms with Crippen molar-refractivity contribution in [1.82, 2.24) is 9.78 Å². The maximum absolute atomic E-state index is 11.1. The van der Waals surface area contributed by atoms with E-state index in [2.05, 4.69) is 21.0 Å².